The normalized spacial score (nSPS) is 15.8. The second-order valence-corrected chi connectivity index (χ2v) is 5.81. The number of amidine groups is 1. The van der Waals surface area contributed by atoms with Crippen LogP contribution in [0, 0.1) is 5.41 Å². The maximum absolute atomic E-state index is 11.0. The number of nitrogens with two attached hydrogens (primary N) is 1. The van der Waals surface area contributed by atoms with Crippen molar-refractivity contribution in [3.8, 4) is 0 Å². The molecule has 0 aromatic carbocycles. The molecule has 0 saturated carbocycles. The number of nitrogens with zero attached hydrogens (tertiary/aromatic N) is 1. The molecule has 0 amide bonds. The molecule has 0 aromatic rings. The van der Waals surface area contributed by atoms with E-state index in [-0.39, 0.29) is 5.41 Å². The van der Waals surface area contributed by atoms with E-state index in [1.54, 1.807) is 0 Å². The van der Waals surface area contributed by atoms with Crippen molar-refractivity contribution < 1.29 is 4.21 Å². The van der Waals surface area contributed by atoms with Crippen molar-refractivity contribution in [3.05, 3.63) is 0 Å². The molecule has 0 bridgehead atoms. The molecule has 0 heterocycles. The van der Waals surface area contributed by atoms with E-state index < -0.39 is 10.8 Å². The summed E-state index contributed by atoms with van der Waals surface area (Å²) in [5, 5.41) is 0. The summed E-state index contributed by atoms with van der Waals surface area (Å²) in [6, 6.07) is 0. The fraction of sp³-hybridized carbons (Fsp3) is 0.889. The van der Waals surface area contributed by atoms with Crippen molar-refractivity contribution in [2.24, 2.45) is 16.1 Å². The fourth-order valence-electron chi connectivity index (χ4n) is 0.649. The minimum atomic E-state index is -0.733. The molecule has 0 aliphatic heterocycles. The van der Waals surface area contributed by atoms with Crippen LogP contribution in [0.1, 0.15) is 27.7 Å². The highest BCUT2D eigenvalue weighted by molar-refractivity contribution is 7.84. The lowest BCUT2D eigenvalue weighted by atomic mass is 9.95. The monoisotopic (exact) mass is 204 g/mol. The van der Waals surface area contributed by atoms with E-state index in [4.69, 9.17) is 5.73 Å². The first-order chi connectivity index (χ1) is 5.88. The van der Waals surface area contributed by atoms with Crippen molar-refractivity contribution in [1.82, 2.24) is 0 Å². The molecule has 2 N–H and O–H groups in total. The van der Waals surface area contributed by atoms with Gasteiger partial charge in [0.1, 0.15) is 0 Å². The van der Waals surface area contributed by atoms with Crippen LogP contribution >= 0.6 is 0 Å². The van der Waals surface area contributed by atoms with Crippen LogP contribution in [0.2, 0.25) is 0 Å². The summed E-state index contributed by atoms with van der Waals surface area (Å²) >= 11 is 0. The molecule has 78 valence electrons. The van der Waals surface area contributed by atoms with Gasteiger partial charge in [-0.25, -0.2) is 0 Å². The predicted octanol–water partition coefficient (Wildman–Crippen LogP) is 1.16. The van der Waals surface area contributed by atoms with E-state index >= 15 is 0 Å². The van der Waals surface area contributed by atoms with E-state index in [2.05, 4.69) is 4.99 Å². The van der Waals surface area contributed by atoms with Crippen molar-refractivity contribution in [2.45, 2.75) is 27.7 Å². The Morgan fingerprint density at radius 2 is 2.00 bits per heavy atom. The lowest BCUT2D eigenvalue weighted by Gasteiger charge is -2.17. The quantitative estimate of drug-likeness (QED) is 0.552. The van der Waals surface area contributed by atoms with Crippen molar-refractivity contribution in [1.29, 1.82) is 0 Å². The third-order valence-electron chi connectivity index (χ3n) is 1.69. The molecular weight excluding hydrogens is 184 g/mol. The first-order valence-electron chi connectivity index (χ1n) is 4.53. The summed E-state index contributed by atoms with van der Waals surface area (Å²) in [6.45, 7) is 8.53. The average Bonchev–Trinajstić information content (AvgIpc) is 2.02. The Bertz CT molecular complexity index is 206. The van der Waals surface area contributed by atoms with Gasteiger partial charge < -0.3 is 5.73 Å². The van der Waals surface area contributed by atoms with Gasteiger partial charge in [0.15, 0.2) is 0 Å². The molecule has 4 heteroatoms. The Morgan fingerprint density at radius 3 is 2.38 bits per heavy atom. The summed E-state index contributed by atoms with van der Waals surface area (Å²) < 4.78 is 11.0. The van der Waals surface area contributed by atoms with Gasteiger partial charge in [0.25, 0.3) is 0 Å². The number of hydrogen-bond acceptors (Lipinski definition) is 2. The van der Waals surface area contributed by atoms with E-state index in [9.17, 15) is 4.21 Å². The van der Waals surface area contributed by atoms with Crippen LogP contribution < -0.4 is 5.73 Å². The van der Waals surface area contributed by atoms with Gasteiger partial charge >= 0.3 is 0 Å². The summed E-state index contributed by atoms with van der Waals surface area (Å²) in [6.07, 6.45) is 0. The molecule has 0 aromatic heterocycles. The smallest absolute Gasteiger partial charge is 0.0991 e. The van der Waals surface area contributed by atoms with Crippen molar-refractivity contribution in [3.63, 3.8) is 0 Å². The second-order valence-electron chi connectivity index (χ2n) is 3.95. The van der Waals surface area contributed by atoms with Gasteiger partial charge in [-0.15, -0.1) is 0 Å². The molecule has 1 atom stereocenters. The first-order valence-corrected chi connectivity index (χ1v) is 6.02. The number of aliphatic imine (C=N–C) groups is 1. The van der Waals surface area contributed by atoms with E-state index in [0.717, 1.165) is 0 Å². The molecule has 0 saturated heterocycles. The van der Waals surface area contributed by atoms with Gasteiger partial charge in [0, 0.05) is 27.7 Å². The largest absolute Gasteiger partial charge is 0.387 e. The third-order valence-corrected chi connectivity index (χ3v) is 2.97. The molecule has 0 spiro atoms. The summed E-state index contributed by atoms with van der Waals surface area (Å²) in [5.41, 5.74) is 5.65. The molecule has 3 nitrogen and oxygen atoms in total. The van der Waals surface area contributed by atoms with E-state index in [1.165, 1.54) is 0 Å². The highest BCUT2D eigenvalue weighted by atomic mass is 32.2. The first kappa shape index (κ1) is 12.6. The Kier molecular flexibility index (Phi) is 5.21. The standard InChI is InChI=1S/C9H20N2OS/c1-5-13(12)7-6-11-8(10)9(2,3)4/h5-7H2,1-4H3,(H2,10,11). The van der Waals surface area contributed by atoms with Crippen LogP contribution in [0.3, 0.4) is 0 Å². The van der Waals surface area contributed by atoms with Gasteiger partial charge in [-0.2, -0.15) is 0 Å². The zero-order valence-electron chi connectivity index (χ0n) is 8.96. The maximum Gasteiger partial charge on any atom is 0.0991 e. The Labute approximate surface area is 83.3 Å². The molecule has 13 heavy (non-hydrogen) atoms. The van der Waals surface area contributed by atoms with Crippen LogP contribution in [0.4, 0.5) is 0 Å². The van der Waals surface area contributed by atoms with Crippen LogP contribution in [0.5, 0.6) is 0 Å². The van der Waals surface area contributed by atoms with Gasteiger partial charge in [-0.3, -0.25) is 9.20 Å². The van der Waals surface area contributed by atoms with Crippen molar-refractivity contribution in [2.75, 3.05) is 18.1 Å². The minimum absolute atomic E-state index is 0.0757. The summed E-state index contributed by atoms with van der Waals surface area (Å²) in [5.74, 6) is 1.96. The van der Waals surface area contributed by atoms with Crippen molar-refractivity contribution >= 4 is 16.6 Å². The summed E-state index contributed by atoms with van der Waals surface area (Å²) in [4.78, 5) is 4.18. The lowest BCUT2D eigenvalue weighted by Crippen LogP contribution is -2.29. The van der Waals surface area contributed by atoms with Gasteiger partial charge in [0.05, 0.1) is 12.4 Å². The van der Waals surface area contributed by atoms with E-state index in [0.29, 0.717) is 23.9 Å². The molecule has 0 aliphatic rings. The molecule has 0 radical (unpaired) electrons. The minimum Gasteiger partial charge on any atom is -0.387 e. The number of rotatable bonds is 4. The fourth-order valence-corrected chi connectivity index (χ4v) is 1.23. The highest BCUT2D eigenvalue weighted by Gasteiger charge is 2.14. The van der Waals surface area contributed by atoms with Crippen LogP contribution in [0.25, 0.3) is 0 Å². The summed E-state index contributed by atoms with van der Waals surface area (Å²) in [7, 11) is -0.733. The zero-order valence-corrected chi connectivity index (χ0v) is 9.78. The van der Waals surface area contributed by atoms with Crippen LogP contribution in [0.15, 0.2) is 4.99 Å². The molecule has 0 fully saturated rings. The Hall–Kier alpha value is -0.380. The van der Waals surface area contributed by atoms with Crippen LogP contribution in [-0.2, 0) is 10.8 Å². The molecule has 0 aliphatic carbocycles. The Morgan fingerprint density at radius 1 is 1.46 bits per heavy atom. The SMILES string of the molecule is CCS(=O)CCN=C(N)C(C)(C)C. The third kappa shape index (κ3) is 5.80. The lowest BCUT2D eigenvalue weighted by molar-refractivity contribution is 0.582. The van der Waals surface area contributed by atoms with Gasteiger partial charge in [0.2, 0.25) is 0 Å². The average molecular weight is 204 g/mol. The topological polar surface area (TPSA) is 55.5 Å². The highest BCUT2D eigenvalue weighted by Crippen LogP contribution is 2.12. The van der Waals surface area contributed by atoms with Gasteiger partial charge in [-0.1, -0.05) is 27.7 Å². The van der Waals surface area contributed by atoms with Gasteiger partial charge in [-0.05, 0) is 0 Å². The second kappa shape index (κ2) is 5.37. The molecule has 1 unspecified atom stereocenters. The Balaban J connectivity index is 3.92. The van der Waals surface area contributed by atoms with Crippen LogP contribution in [-0.4, -0.2) is 28.1 Å². The molecular formula is C9H20N2OS. The predicted molar refractivity (Wildman–Crippen MR) is 59.5 cm³/mol. The molecule has 0 rings (SSSR count). The zero-order chi connectivity index (χ0) is 10.5. The van der Waals surface area contributed by atoms with E-state index in [1.807, 2.05) is 27.7 Å². The number of hydrogen-bond donors (Lipinski definition) is 1. The maximum atomic E-state index is 11.0.